The molecule has 1 aliphatic heterocycles. The van der Waals surface area contributed by atoms with Crippen molar-refractivity contribution >= 4 is 27.6 Å². The van der Waals surface area contributed by atoms with E-state index >= 15 is 0 Å². The van der Waals surface area contributed by atoms with Gasteiger partial charge < -0.3 is 14.6 Å². The van der Waals surface area contributed by atoms with Crippen LogP contribution in [0.2, 0.25) is 0 Å². The van der Waals surface area contributed by atoms with E-state index in [2.05, 4.69) is 33.2 Å². The van der Waals surface area contributed by atoms with Gasteiger partial charge in [-0.1, -0.05) is 19.1 Å². The molecule has 0 saturated carbocycles. The van der Waals surface area contributed by atoms with E-state index in [0.717, 1.165) is 40.8 Å². The number of fused-ring (bicyclic) bond motifs is 1. The van der Waals surface area contributed by atoms with E-state index in [4.69, 9.17) is 9.52 Å². The molecule has 3 aromatic rings. The quantitative estimate of drug-likeness (QED) is 0.670. The molecule has 0 spiro atoms. The molecule has 8 heteroatoms. The number of aromatic nitrogens is 3. The second-order valence-corrected chi connectivity index (χ2v) is 7.31. The van der Waals surface area contributed by atoms with Gasteiger partial charge in [-0.2, -0.15) is 5.10 Å². The molecule has 7 nitrogen and oxygen atoms in total. The number of nitrogens with zero attached hydrogens (tertiary/aromatic N) is 4. The highest BCUT2D eigenvalue weighted by Crippen LogP contribution is 2.30. The summed E-state index contributed by atoms with van der Waals surface area (Å²) in [6.45, 7) is 4.13. The standard InChI is InChI=1S/C19H20BrN5O2/c1-2-8-25-17-7-9-24(19(26)22-15-6-4-3-5-14(15)20)10-13(17)18(23-25)16-11-27-12-21-16/h3-6,11-12H,2,7-10H2,1H3,(H,22,26). The summed E-state index contributed by atoms with van der Waals surface area (Å²) in [6, 6.07) is 7.46. The van der Waals surface area contributed by atoms with Crippen molar-refractivity contribution < 1.29 is 9.21 Å². The number of carbonyl (C=O) groups is 1. The summed E-state index contributed by atoms with van der Waals surface area (Å²) in [6.07, 6.45) is 4.77. The summed E-state index contributed by atoms with van der Waals surface area (Å²) in [5.41, 5.74) is 4.48. The maximum Gasteiger partial charge on any atom is 0.322 e. The number of anilines is 1. The van der Waals surface area contributed by atoms with E-state index in [1.165, 1.54) is 12.1 Å². The molecule has 0 radical (unpaired) electrons. The Morgan fingerprint density at radius 3 is 2.96 bits per heavy atom. The number of halogens is 1. The van der Waals surface area contributed by atoms with Crippen LogP contribution in [-0.4, -0.2) is 32.2 Å². The molecular formula is C19H20BrN5O2. The zero-order valence-corrected chi connectivity index (χ0v) is 16.6. The van der Waals surface area contributed by atoms with Crippen molar-refractivity contribution in [3.05, 3.63) is 52.7 Å². The van der Waals surface area contributed by atoms with Gasteiger partial charge in [0.2, 0.25) is 0 Å². The van der Waals surface area contributed by atoms with E-state index in [1.807, 2.05) is 33.8 Å². The summed E-state index contributed by atoms with van der Waals surface area (Å²) in [5.74, 6) is 0. The molecule has 27 heavy (non-hydrogen) atoms. The van der Waals surface area contributed by atoms with Crippen LogP contribution in [0.4, 0.5) is 10.5 Å². The summed E-state index contributed by atoms with van der Waals surface area (Å²) in [7, 11) is 0. The van der Waals surface area contributed by atoms with Gasteiger partial charge in [0.05, 0.1) is 12.2 Å². The van der Waals surface area contributed by atoms with Crippen LogP contribution in [0, 0.1) is 0 Å². The maximum absolute atomic E-state index is 12.8. The SMILES string of the molecule is CCCn1nc(-c2cocn2)c2c1CCN(C(=O)Nc1ccccc1Br)C2. The first-order valence-electron chi connectivity index (χ1n) is 8.95. The molecular weight excluding hydrogens is 410 g/mol. The van der Waals surface area contributed by atoms with Gasteiger partial charge in [-0.05, 0) is 34.5 Å². The first-order valence-corrected chi connectivity index (χ1v) is 9.74. The smallest absolute Gasteiger partial charge is 0.322 e. The predicted octanol–water partition coefficient (Wildman–Crippen LogP) is 4.30. The van der Waals surface area contributed by atoms with Gasteiger partial charge in [0.25, 0.3) is 0 Å². The highest BCUT2D eigenvalue weighted by atomic mass is 79.9. The topological polar surface area (TPSA) is 76.2 Å². The zero-order valence-electron chi connectivity index (χ0n) is 15.0. The third-order valence-corrected chi connectivity index (χ3v) is 5.34. The van der Waals surface area contributed by atoms with Crippen molar-refractivity contribution in [2.45, 2.75) is 32.9 Å². The zero-order chi connectivity index (χ0) is 18.8. The first-order chi connectivity index (χ1) is 13.2. The number of rotatable bonds is 4. The molecule has 2 aromatic heterocycles. The van der Waals surface area contributed by atoms with Crippen LogP contribution < -0.4 is 5.32 Å². The average molecular weight is 430 g/mol. The van der Waals surface area contributed by atoms with Crippen molar-refractivity contribution in [3.8, 4) is 11.4 Å². The Kier molecular flexibility index (Phi) is 4.98. The first kappa shape index (κ1) is 17.8. The second kappa shape index (κ2) is 7.56. The lowest BCUT2D eigenvalue weighted by molar-refractivity contribution is 0.205. The van der Waals surface area contributed by atoms with Crippen LogP contribution in [0.3, 0.4) is 0 Å². The molecule has 0 fully saturated rings. The Hall–Kier alpha value is -2.61. The van der Waals surface area contributed by atoms with Gasteiger partial charge in [-0.15, -0.1) is 0 Å². The number of urea groups is 1. The fraction of sp³-hybridized carbons (Fsp3) is 0.316. The minimum absolute atomic E-state index is 0.123. The summed E-state index contributed by atoms with van der Waals surface area (Å²) < 4.78 is 8.04. The molecule has 0 unspecified atom stereocenters. The molecule has 1 N–H and O–H groups in total. The largest absolute Gasteiger partial charge is 0.451 e. The van der Waals surface area contributed by atoms with E-state index in [0.29, 0.717) is 18.8 Å². The fourth-order valence-corrected chi connectivity index (χ4v) is 3.74. The molecule has 1 aromatic carbocycles. The summed E-state index contributed by atoms with van der Waals surface area (Å²) in [5, 5.41) is 7.72. The minimum Gasteiger partial charge on any atom is -0.451 e. The number of carbonyl (C=O) groups excluding carboxylic acids is 1. The molecule has 140 valence electrons. The Morgan fingerprint density at radius 1 is 1.37 bits per heavy atom. The van der Waals surface area contributed by atoms with Crippen LogP contribution in [0.5, 0.6) is 0 Å². The van der Waals surface area contributed by atoms with Gasteiger partial charge in [0.1, 0.15) is 17.7 Å². The van der Waals surface area contributed by atoms with Crippen molar-refractivity contribution in [1.82, 2.24) is 19.7 Å². The van der Waals surface area contributed by atoms with Gasteiger partial charge in [0, 0.05) is 35.2 Å². The van der Waals surface area contributed by atoms with Crippen molar-refractivity contribution in [3.63, 3.8) is 0 Å². The van der Waals surface area contributed by atoms with Gasteiger partial charge in [-0.25, -0.2) is 9.78 Å². The number of hydrogen-bond donors (Lipinski definition) is 1. The molecule has 0 bridgehead atoms. The predicted molar refractivity (Wildman–Crippen MR) is 105 cm³/mol. The van der Waals surface area contributed by atoms with E-state index in [-0.39, 0.29) is 6.03 Å². The van der Waals surface area contributed by atoms with Gasteiger partial charge >= 0.3 is 6.03 Å². The highest BCUT2D eigenvalue weighted by Gasteiger charge is 2.28. The van der Waals surface area contributed by atoms with Crippen LogP contribution in [0.15, 0.2) is 45.8 Å². The number of amides is 2. The van der Waals surface area contributed by atoms with Crippen LogP contribution in [-0.2, 0) is 19.5 Å². The molecule has 0 atom stereocenters. The van der Waals surface area contributed by atoms with E-state index in [1.54, 1.807) is 6.26 Å². The number of oxazole rings is 1. The number of nitrogens with one attached hydrogen (secondary N) is 1. The third kappa shape index (κ3) is 3.49. The molecule has 0 saturated heterocycles. The molecule has 0 aliphatic carbocycles. The van der Waals surface area contributed by atoms with Crippen LogP contribution in [0.1, 0.15) is 24.6 Å². The highest BCUT2D eigenvalue weighted by molar-refractivity contribution is 9.10. The van der Waals surface area contributed by atoms with Crippen molar-refractivity contribution in [1.29, 1.82) is 0 Å². The van der Waals surface area contributed by atoms with Gasteiger partial charge in [0.15, 0.2) is 6.39 Å². The van der Waals surface area contributed by atoms with Crippen molar-refractivity contribution in [2.75, 3.05) is 11.9 Å². The molecule has 4 rings (SSSR count). The molecule has 2 amide bonds. The number of benzene rings is 1. The Morgan fingerprint density at radius 2 is 2.22 bits per heavy atom. The van der Waals surface area contributed by atoms with Crippen molar-refractivity contribution in [2.24, 2.45) is 0 Å². The minimum atomic E-state index is -0.123. The van der Waals surface area contributed by atoms with E-state index in [9.17, 15) is 4.79 Å². The monoisotopic (exact) mass is 429 g/mol. The van der Waals surface area contributed by atoms with Crippen LogP contribution in [0.25, 0.3) is 11.4 Å². The fourth-order valence-electron chi connectivity index (χ4n) is 3.35. The summed E-state index contributed by atoms with van der Waals surface area (Å²) in [4.78, 5) is 18.9. The lowest BCUT2D eigenvalue weighted by atomic mass is 10.0. The van der Waals surface area contributed by atoms with E-state index < -0.39 is 0 Å². The number of hydrogen-bond acceptors (Lipinski definition) is 4. The maximum atomic E-state index is 12.8. The molecule has 1 aliphatic rings. The normalized spacial score (nSPS) is 13.5. The Bertz CT molecular complexity index is 951. The van der Waals surface area contributed by atoms with Crippen LogP contribution >= 0.6 is 15.9 Å². The number of para-hydroxylation sites is 1. The number of aryl methyl sites for hydroxylation is 1. The lowest BCUT2D eigenvalue weighted by Crippen LogP contribution is -2.39. The summed E-state index contributed by atoms with van der Waals surface area (Å²) >= 11 is 3.47. The Balaban J connectivity index is 1.60. The lowest BCUT2D eigenvalue weighted by Gasteiger charge is -2.28. The Labute approximate surface area is 165 Å². The second-order valence-electron chi connectivity index (χ2n) is 6.45. The molecule has 3 heterocycles. The van der Waals surface area contributed by atoms with Gasteiger partial charge in [-0.3, -0.25) is 4.68 Å². The average Bonchev–Trinajstić information content (AvgIpc) is 3.32. The third-order valence-electron chi connectivity index (χ3n) is 4.65.